The molecule has 0 heterocycles. The minimum atomic E-state index is -0.541. The highest BCUT2D eigenvalue weighted by Crippen LogP contribution is 2.00. The van der Waals surface area contributed by atoms with Crippen LogP contribution in [-0.2, 0) is 0 Å². The van der Waals surface area contributed by atoms with E-state index >= 15 is 0 Å². The zero-order valence-corrected chi connectivity index (χ0v) is 5.90. The lowest BCUT2D eigenvalue weighted by atomic mass is 10.3. The van der Waals surface area contributed by atoms with Crippen LogP contribution >= 0.6 is 0 Å². The molecular weight excluding hydrogens is 134 g/mol. The van der Waals surface area contributed by atoms with Gasteiger partial charge in [-0.1, -0.05) is 12.7 Å². The molecule has 0 bridgehead atoms. The molecule has 0 nitrogen and oxygen atoms in total. The van der Waals surface area contributed by atoms with Crippen molar-refractivity contribution < 1.29 is 8.78 Å². The van der Waals surface area contributed by atoms with Gasteiger partial charge in [-0.3, -0.25) is 0 Å². The van der Waals surface area contributed by atoms with Crippen LogP contribution in [0.2, 0.25) is 0 Å². The average Bonchev–Trinajstić information content (AvgIpc) is 1.99. The highest BCUT2D eigenvalue weighted by molar-refractivity contribution is 5.18. The Bertz CT molecular complexity index is 166. The van der Waals surface area contributed by atoms with Gasteiger partial charge in [-0.15, -0.1) is 0 Å². The maximum absolute atomic E-state index is 12.2. The van der Waals surface area contributed by atoms with Gasteiger partial charge in [0.25, 0.3) is 0 Å². The van der Waals surface area contributed by atoms with Crippen molar-refractivity contribution in [3.05, 3.63) is 36.2 Å². The van der Waals surface area contributed by atoms with E-state index in [1.54, 1.807) is 6.92 Å². The second kappa shape index (κ2) is 4.91. The summed E-state index contributed by atoms with van der Waals surface area (Å²) in [7, 11) is 0. The number of rotatable bonds is 3. The van der Waals surface area contributed by atoms with Crippen molar-refractivity contribution in [2.75, 3.05) is 6.67 Å². The topological polar surface area (TPSA) is 0 Å². The molecule has 2 heteroatoms. The van der Waals surface area contributed by atoms with Crippen molar-refractivity contribution in [1.82, 2.24) is 0 Å². The van der Waals surface area contributed by atoms with E-state index in [0.29, 0.717) is 5.57 Å². The van der Waals surface area contributed by atoms with Crippen LogP contribution in [0, 0.1) is 0 Å². The second-order valence-electron chi connectivity index (χ2n) is 1.90. The molecule has 0 aliphatic carbocycles. The van der Waals surface area contributed by atoms with E-state index < -0.39 is 12.5 Å². The van der Waals surface area contributed by atoms with Crippen LogP contribution in [-0.4, -0.2) is 6.67 Å². The first-order valence-corrected chi connectivity index (χ1v) is 2.92. The predicted octanol–water partition coefficient (Wildman–Crippen LogP) is 2.94. The molecule has 0 radical (unpaired) electrons. The van der Waals surface area contributed by atoms with E-state index in [0.717, 1.165) is 6.08 Å². The lowest BCUT2D eigenvalue weighted by Gasteiger charge is -1.86. The molecule has 0 saturated heterocycles. The summed E-state index contributed by atoms with van der Waals surface area (Å²) in [4.78, 5) is 0. The zero-order valence-electron chi connectivity index (χ0n) is 5.90. The SMILES string of the molecule is C=C/C(F)=C\C=C(\C)CF. The third kappa shape index (κ3) is 4.01. The molecule has 0 saturated carbocycles. The van der Waals surface area contributed by atoms with Crippen molar-refractivity contribution >= 4 is 0 Å². The van der Waals surface area contributed by atoms with Gasteiger partial charge in [0.1, 0.15) is 12.5 Å². The summed E-state index contributed by atoms with van der Waals surface area (Å²) in [6.45, 7) is 4.25. The number of hydrogen-bond acceptors (Lipinski definition) is 0. The summed E-state index contributed by atoms with van der Waals surface area (Å²) in [5.74, 6) is -0.451. The minimum Gasteiger partial charge on any atom is -0.246 e. The molecule has 0 amide bonds. The second-order valence-corrected chi connectivity index (χ2v) is 1.90. The van der Waals surface area contributed by atoms with E-state index in [-0.39, 0.29) is 0 Å². The monoisotopic (exact) mass is 144 g/mol. The summed E-state index contributed by atoms with van der Waals surface area (Å²) in [5.41, 5.74) is 0.497. The van der Waals surface area contributed by atoms with Gasteiger partial charge in [0, 0.05) is 0 Å². The number of allylic oxidation sites excluding steroid dienone is 5. The van der Waals surface area contributed by atoms with Gasteiger partial charge in [0.15, 0.2) is 0 Å². The highest BCUT2D eigenvalue weighted by Gasteiger charge is 1.84. The molecular formula is C8H10F2. The van der Waals surface area contributed by atoms with Crippen molar-refractivity contribution in [3.8, 4) is 0 Å². The van der Waals surface area contributed by atoms with Gasteiger partial charge >= 0.3 is 0 Å². The van der Waals surface area contributed by atoms with Crippen LogP contribution in [0.15, 0.2) is 36.2 Å². The molecule has 0 aromatic heterocycles. The Balaban J connectivity index is 4.03. The predicted molar refractivity (Wildman–Crippen MR) is 39.1 cm³/mol. The first-order chi connectivity index (χ1) is 4.70. The fourth-order valence-corrected chi connectivity index (χ4v) is 0.334. The molecule has 0 N–H and O–H groups in total. The van der Waals surface area contributed by atoms with E-state index in [1.807, 2.05) is 0 Å². The maximum atomic E-state index is 12.2. The molecule has 0 spiro atoms. The number of alkyl halides is 1. The van der Waals surface area contributed by atoms with Gasteiger partial charge in [0.05, 0.1) is 0 Å². The molecule has 0 atom stereocenters. The highest BCUT2D eigenvalue weighted by atomic mass is 19.1. The van der Waals surface area contributed by atoms with E-state index in [2.05, 4.69) is 6.58 Å². The van der Waals surface area contributed by atoms with E-state index in [1.165, 1.54) is 12.2 Å². The summed E-state index contributed by atoms with van der Waals surface area (Å²) in [6, 6.07) is 0. The van der Waals surface area contributed by atoms with Crippen molar-refractivity contribution in [2.24, 2.45) is 0 Å². The van der Waals surface area contributed by atoms with Gasteiger partial charge < -0.3 is 0 Å². The van der Waals surface area contributed by atoms with Gasteiger partial charge in [0.2, 0.25) is 0 Å². The van der Waals surface area contributed by atoms with Crippen LogP contribution in [0.5, 0.6) is 0 Å². The first kappa shape index (κ1) is 9.08. The summed E-state index contributed by atoms with van der Waals surface area (Å²) >= 11 is 0. The van der Waals surface area contributed by atoms with Crippen molar-refractivity contribution in [1.29, 1.82) is 0 Å². The smallest absolute Gasteiger partial charge is 0.122 e. The van der Waals surface area contributed by atoms with Crippen LogP contribution in [0.4, 0.5) is 8.78 Å². The third-order valence-corrected chi connectivity index (χ3v) is 0.933. The van der Waals surface area contributed by atoms with Gasteiger partial charge in [-0.2, -0.15) is 0 Å². The van der Waals surface area contributed by atoms with Gasteiger partial charge in [-0.05, 0) is 24.6 Å². The fraction of sp³-hybridized carbons (Fsp3) is 0.250. The van der Waals surface area contributed by atoms with Crippen molar-refractivity contribution in [3.63, 3.8) is 0 Å². The Morgan fingerprint density at radius 3 is 2.50 bits per heavy atom. The quantitative estimate of drug-likeness (QED) is 0.534. The largest absolute Gasteiger partial charge is 0.246 e. The minimum absolute atomic E-state index is 0.451. The molecule has 0 aromatic rings. The zero-order chi connectivity index (χ0) is 7.98. The number of hydrogen-bond donors (Lipinski definition) is 0. The van der Waals surface area contributed by atoms with E-state index in [9.17, 15) is 8.78 Å². The molecule has 0 aliphatic rings. The average molecular weight is 144 g/mol. The van der Waals surface area contributed by atoms with Crippen LogP contribution in [0.3, 0.4) is 0 Å². The number of halogens is 2. The molecule has 10 heavy (non-hydrogen) atoms. The lowest BCUT2D eigenvalue weighted by Crippen LogP contribution is -1.74. The Labute approximate surface area is 59.6 Å². The lowest BCUT2D eigenvalue weighted by molar-refractivity contribution is 0.543. The summed E-state index contributed by atoms with van der Waals surface area (Å²) in [5, 5.41) is 0. The van der Waals surface area contributed by atoms with E-state index in [4.69, 9.17) is 0 Å². The van der Waals surface area contributed by atoms with Gasteiger partial charge in [-0.25, -0.2) is 8.78 Å². The molecule has 0 fully saturated rings. The Kier molecular flexibility index (Phi) is 4.46. The Morgan fingerprint density at radius 2 is 2.10 bits per heavy atom. The third-order valence-electron chi connectivity index (χ3n) is 0.933. The normalized spacial score (nSPS) is 13.5. The van der Waals surface area contributed by atoms with Crippen LogP contribution < -0.4 is 0 Å². The maximum Gasteiger partial charge on any atom is 0.122 e. The molecule has 0 rings (SSSR count). The molecule has 0 aliphatic heterocycles. The Hall–Kier alpha value is -0.920. The molecule has 0 unspecified atom stereocenters. The fourth-order valence-electron chi connectivity index (χ4n) is 0.334. The molecule has 56 valence electrons. The summed E-state index contributed by atoms with van der Waals surface area (Å²) < 4.78 is 23.9. The molecule has 0 aromatic carbocycles. The van der Waals surface area contributed by atoms with Crippen molar-refractivity contribution in [2.45, 2.75) is 6.92 Å². The van der Waals surface area contributed by atoms with Crippen LogP contribution in [0.1, 0.15) is 6.92 Å². The van der Waals surface area contributed by atoms with Crippen LogP contribution in [0.25, 0.3) is 0 Å². The Morgan fingerprint density at radius 1 is 1.50 bits per heavy atom. The first-order valence-electron chi connectivity index (χ1n) is 2.92. The summed E-state index contributed by atoms with van der Waals surface area (Å²) in [6.07, 6.45) is 3.64. The standard InChI is InChI=1S/C8H10F2/c1-3-8(10)5-4-7(2)6-9/h3-5H,1,6H2,2H3/b7-4-,8-5+.